The first kappa shape index (κ1) is 21.6. The number of benzene rings is 2. The molecule has 0 amide bonds. The number of nitrogens with zero attached hydrogens (tertiary/aromatic N) is 1. The molecule has 2 aliphatic heterocycles. The van der Waals surface area contributed by atoms with Crippen molar-refractivity contribution in [2.45, 2.75) is 61.1 Å². The maximum Gasteiger partial charge on any atom is 0.123 e. The molecule has 2 heterocycles. The molecular weight excluding hydrogens is 393 g/mol. The van der Waals surface area contributed by atoms with Crippen LogP contribution in [-0.4, -0.2) is 34.4 Å². The summed E-state index contributed by atoms with van der Waals surface area (Å²) in [5, 5.41) is 11.3. The summed E-state index contributed by atoms with van der Waals surface area (Å²) in [6.45, 7) is 1.09. The van der Waals surface area contributed by atoms with Gasteiger partial charge in [-0.1, -0.05) is 36.8 Å². The lowest BCUT2D eigenvalue weighted by Gasteiger charge is -2.52. The molecule has 0 aromatic heterocycles. The lowest BCUT2D eigenvalue weighted by Crippen LogP contribution is -2.57. The molecule has 1 N–H and O–H groups in total. The van der Waals surface area contributed by atoms with Crippen molar-refractivity contribution in [3.8, 4) is 0 Å². The van der Waals surface area contributed by atoms with Crippen LogP contribution in [0.1, 0.15) is 44.1 Å². The van der Waals surface area contributed by atoms with Crippen molar-refractivity contribution in [3.63, 3.8) is 0 Å². The first-order chi connectivity index (χ1) is 13.1. The van der Waals surface area contributed by atoms with Crippen LogP contribution < -0.4 is 0 Å². The monoisotopic (exact) mass is 421 g/mol. The van der Waals surface area contributed by atoms with Crippen molar-refractivity contribution in [3.05, 3.63) is 66.0 Å². The summed E-state index contributed by atoms with van der Waals surface area (Å²) >= 11 is 1.80. The summed E-state index contributed by atoms with van der Waals surface area (Å²) in [7, 11) is 0. The summed E-state index contributed by atoms with van der Waals surface area (Å²) < 4.78 is 13.0. The van der Waals surface area contributed by atoms with Crippen LogP contribution in [0.5, 0.6) is 0 Å². The van der Waals surface area contributed by atoms with E-state index < -0.39 is 5.60 Å². The largest absolute Gasteiger partial charge is 0.385 e. The Balaban J connectivity index is 0.00000225. The molecule has 2 aromatic rings. The van der Waals surface area contributed by atoms with Crippen LogP contribution in [0, 0.1) is 5.82 Å². The molecule has 0 radical (unpaired) electrons. The van der Waals surface area contributed by atoms with Gasteiger partial charge in [0.1, 0.15) is 5.82 Å². The third kappa shape index (κ3) is 4.91. The van der Waals surface area contributed by atoms with Gasteiger partial charge >= 0.3 is 0 Å². The van der Waals surface area contributed by atoms with Gasteiger partial charge in [-0.3, -0.25) is 4.90 Å². The molecule has 2 aliphatic rings. The molecule has 0 aliphatic carbocycles. The number of hydrogen-bond acceptors (Lipinski definition) is 3. The molecule has 2 atom stereocenters. The molecule has 0 saturated carbocycles. The lowest BCUT2D eigenvalue weighted by atomic mass is 9.72. The normalized spacial score (nSPS) is 27.2. The highest BCUT2D eigenvalue weighted by Gasteiger charge is 2.45. The molecular formula is C23H29ClFNOS. The van der Waals surface area contributed by atoms with Crippen LogP contribution in [0.15, 0.2) is 59.5 Å². The predicted molar refractivity (Wildman–Crippen MR) is 117 cm³/mol. The van der Waals surface area contributed by atoms with Gasteiger partial charge in [-0.05, 0) is 74.2 Å². The van der Waals surface area contributed by atoms with Gasteiger partial charge in [0.05, 0.1) is 5.60 Å². The summed E-state index contributed by atoms with van der Waals surface area (Å²) in [5.41, 5.74) is 0.407. The SMILES string of the molecule is Cl.OC1(c2ccccc2)CC2CCCC(C1)N2CCCSc1ccc(F)cc1. The molecule has 2 nitrogen and oxygen atoms in total. The molecule has 2 fully saturated rings. The Kier molecular flexibility index (Phi) is 7.43. The van der Waals surface area contributed by atoms with E-state index in [4.69, 9.17) is 0 Å². The van der Waals surface area contributed by atoms with E-state index in [0.717, 1.165) is 42.0 Å². The van der Waals surface area contributed by atoms with E-state index in [0.29, 0.717) is 12.1 Å². The van der Waals surface area contributed by atoms with Gasteiger partial charge in [0.15, 0.2) is 0 Å². The molecule has 2 saturated heterocycles. The summed E-state index contributed by atoms with van der Waals surface area (Å²) in [5.74, 6) is 0.872. The second-order valence-corrected chi connectivity index (χ2v) is 9.11. The minimum absolute atomic E-state index is 0. The fourth-order valence-corrected chi connectivity index (χ4v) is 5.68. The van der Waals surface area contributed by atoms with Crippen molar-refractivity contribution in [1.29, 1.82) is 0 Å². The number of fused-ring (bicyclic) bond motifs is 2. The summed E-state index contributed by atoms with van der Waals surface area (Å²) in [4.78, 5) is 3.79. The Hall–Kier alpha value is -1.07. The highest BCUT2D eigenvalue weighted by atomic mass is 35.5. The van der Waals surface area contributed by atoms with Crippen LogP contribution in [0.25, 0.3) is 0 Å². The van der Waals surface area contributed by atoms with E-state index in [9.17, 15) is 9.50 Å². The van der Waals surface area contributed by atoms with Gasteiger partial charge in [0.25, 0.3) is 0 Å². The standard InChI is InChI=1S/C23H28FNOS.ClH/c24-19-10-12-22(13-11-19)27-15-5-14-25-20-8-4-9-21(25)17-23(26,16-20)18-6-2-1-3-7-18;/h1-3,6-7,10-13,20-21,26H,4-5,8-9,14-17H2;1H. The smallest absolute Gasteiger partial charge is 0.123 e. The van der Waals surface area contributed by atoms with Crippen molar-refractivity contribution >= 4 is 24.2 Å². The predicted octanol–water partition coefficient (Wildman–Crippen LogP) is 5.63. The van der Waals surface area contributed by atoms with Gasteiger partial charge < -0.3 is 5.11 Å². The lowest BCUT2D eigenvalue weighted by molar-refractivity contribution is -0.0963. The Morgan fingerprint density at radius 2 is 1.64 bits per heavy atom. The van der Waals surface area contributed by atoms with Crippen LogP contribution >= 0.6 is 24.2 Å². The van der Waals surface area contributed by atoms with Crippen LogP contribution in [0.2, 0.25) is 0 Å². The van der Waals surface area contributed by atoms with Gasteiger partial charge in [-0.15, -0.1) is 24.2 Å². The third-order valence-electron chi connectivity index (χ3n) is 6.11. The zero-order valence-electron chi connectivity index (χ0n) is 16.1. The van der Waals surface area contributed by atoms with E-state index in [2.05, 4.69) is 17.0 Å². The van der Waals surface area contributed by atoms with Crippen molar-refractivity contribution in [1.82, 2.24) is 4.90 Å². The van der Waals surface area contributed by atoms with Gasteiger partial charge in [0, 0.05) is 17.0 Å². The number of halogens is 2. The first-order valence-electron chi connectivity index (χ1n) is 10.1. The zero-order valence-corrected chi connectivity index (χ0v) is 17.7. The Bertz CT molecular complexity index is 728. The van der Waals surface area contributed by atoms with Gasteiger partial charge in [-0.2, -0.15) is 0 Å². The number of rotatable bonds is 6. The second kappa shape index (κ2) is 9.62. The topological polar surface area (TPSA) is 23.5 Å². The quantitative estimate of drug-likeness (QED) is 0.482. The minimum atomic E-state index is -0.670. The molecule has 0 spiro atoms. The van der Waals surface area contributed by atoms with Crippen LogP contribution in [0.3, 0.4) is 0 Å². The number of piperidine rings is 2. The van der Waals surface area contributed by atoms with Crippen LogP contribution in [0.4, 0.5) is 4.39 Å². The Morgan fingerprint density at radius 1 is 1.00 bits per heavy atom. The zero-order chi connectivity index (χ0) is 18.7. The fourth-order valence-electron chi connectivity index (χ4n) is 4.84. The highest BCUT2D eigenvalue weighted by Crippen LogP contribution is 2.44. The number of thioether (sulfide) groups is 1. The van der Waals surface area contributed by atoms with Crippen molar-refractivity contribution in [2.75, 3.05) is 12.3 Å². The molecule has 5 heteroatoms. The van der Waals surface area contributed by atoms with E-state index in [-0.39, 0.29) is 18.2 Å². The fraction of sp³-hybridized carbons (Fsp3) is 0.478. The average molecular weight is 422 g/mol. The van der Waals surface area contributed by atoms with E-state index in [1.807, 2.05) is 30.3 Å². The maximum atomic E-state index is 13.0. The minimum Gasteiger partial charge on any atom is -0.385 e. The van der Waals surface area contributed by atoms with Crippen molar-refractivity contribution < 1.29 is 9.50 Å². The number of hydrogen-bond donors (Lipinski definition) is 1. The molecule has 28 heavy (non-hydrogen) atoms. The molecule has 4 rings (SSSR count). The molecule has 152 valence electrons. The third-order valence-corrected chi connectivity index (χ3v) is 7.21. The van der Waals surface area contributed by atoms with Gasteiger partial charge in [-0.25, -0.2) is 4.39 Å². The Labute approximate surface area is 177 Å². The number of aliphatic hydroxyl groups is 1. The Morgan fingerprint density at radius 3 is 2.29 bits per heavy atom. The van der Waals surface area contributed by atoms with Crippen molar-refractivity contribution in [2.24, 2.45) is 0 Å². The highest BCUT2D eigenvalue weighted by molar-refractivity contribution is 7.99. The van der Waals surface area contributed by atoms with Gasteiger partial charge in [0.2, 0.25) is 0 Å². The first-order valence-corrected chi connectivity index (χ1v) is 11.0. The second-order valence-electron chi connectivity index (χ2n) is 7.94. The van der Waals surface area contributed by atoms with E-state index in [1.54, 1.807) is 11.8 Å². The van der Waals surface area contributed by atoms with E-state index >= 15 is 0 Å². The molecule has 2 bridgehead atoms. The molecule has 2 unspecified atom stereocenters. The van der Waals surface area contributed by atoms with Crippen LogP contribution in [-0.2, 0) is 5.60 Å². The van der Waals surface area contributed by atoms with E-state index in [1.165, 1.54) is 31.4 Å². The summed E-state index contributed by atoms with van der Waals surface area (Å²) in [6, 6.07) is 18.0. The molecule has 2 aromatic carbocycles. The maximum absolute atomic E-state index is 13.0. The average Bonchev–Trinajstić information content (AvgIpc) is 2.68. The summed E-state index contributed by atoms with van der Waals surface area (Å²) in [6.07, 6.45) is 6.48.